The van der Waals surface area contributed by atoms with Crippen molar-refractivity contribution in [1.29, 1.82) is 0 Å². The summed E-state index contributed by atoms with van der Waals surface area (Å²) >= 11 is 4.80. The zero-order chi connectivity index (χ0) is 17.1. The van der Waals surface area contributed by atoms with Crippen LogP contribution in [0, 0.1) is 6.92 Å². The van der Waals surface area contributed by atoms with Crippen molar-refractivity contribution in [2.24, 2.45) is 0 Å². The Balaban J connectivity index is 1.77. The fourth-order valence-corrected chi connectivity index (χ4v) is 3.22. The number of aryl methyl sites for hydroxylation is 1. The number of anilines is 1. The van der Waals surface area contributed by atoms with Crippen LogP contribution < -0.4 is 10.1 Å². The predicted molar refractivity (Wildman–Crippen MR) is 96.5 cm³/mol. The van der Waals surface area contributed by atoms with Gasteiger partial charge in [-0.2, -0.15) is 0 Å². The van der Waals surface area contributed by atoms with E-state index in [0.29, 0.717) is 5.13 Å². The molecule has 1 aromatic carbocycles. The molecule has 0 aliphatic rings. The van der Waals surface area contributed by atoms with Crippen LogP contribution in [-0.2, 0) is 0 Å². The van der Waals surface area contributed by atoms with E-state index in [1.165, 1.54) is 17.5 Å². The Labute approximate surface area is 151 Å². The van der Waals surface area contributed by atoms with E-state index in [0.717, 1.165) is 27.2 Å². The fourth-order valence-electron chi connectivity index (χ4n) is 1.96. The summed E-state index contributed by atoms with van der Waals surface area (Å²) in [6, 6.07) is 5.69. The number of ether oxygens (including phenoxy) is 1. The predicted octanol–water partition coefficient (Wildman–Crippen LogP) is 3.93. The highest BCUT2D eigenvalue weighted by Gasteiger charge is 2.12. The number of aromatic nitrogens is 3. The quantitative estimate of drug-likeness (QED) is 0.712. The maximum atomic E-state index is 12.1. The van der Waals surface area contributed by atoms with Crippen LogP contribution in [0.2, 0.25) is 0 Å². The van der Waals surface area contributed by atoms with E-state index in [1.54, 1.807) is 13.3 Å². The Morgan fingerprint density at radius 1 is 1.29 bits per heavy atom. The largest absolute Gasteiger partial charge is 0.496 e. The van der Waals surface area contributed by atoms with Crippen LogP contribution in [0.3, 0.4) is 0 Å². The number of amides is 1. The van der Waals surface area contributed by atoms with E-state index >= 15 is 0 Å². The van der Waals surface area contributed by atoms with Crippen LogP contribution in [0.4, 0.5) is 5.13 Å². The normalized spacial score (nSPS) is 10.5. The van der Waals surface area contributed by atoms with Crippen LogP contribution in [0.1, 0.15) is 16.2 Å². The van der Waals surface area contributed by atoms with E-state index in [9.17, 15) is 4.79 Å². The van der Waals surface area contributed by atoms with Crippen LogP contribution in [0.5, 0.6) is 5.75 Å². The van der Waals surface area contributed by atoms with Crippen molar-refractivity contribution < 1.29 is 9.53 Å². The molecule has 8 heteroatoms. The Morgan fingerprint density at radius 2 is 2.12 bits per heavy atom. The SMILES string of the molecule is COc1ccc(-c2csc(NC(=O)c3cnc(C)cn3)n2)cc1Br. The second-order valence-corrected chi connectivity index (χ2v) is 6.60. The number of carbonyl (C=O) groups excluding carboxylic acids is 1. The Hall–Kier alpha value is -2.32. The molecule has 0 aliphatic carbocycles. The van der Waals surface area contributed by atoms with Crippen molar-refractivity contribution >= 4 is 38.3 Å². The third-order valence-electron chi connectivity index (χ3n) is 3.19. The molecule has 2 heterocycles. The molecule has 0 unspecified atom stereocenters. The summed E-state index contributed by atoms with van der Waals surface area (Å²) in [5.74, 6) is 0.416. The molecule has 6 nitrogen and oxygen atoms in total. The lowest BCUT2D eigenvalue weighted by molar-refractivity contribution is 0.102. The van der Waals surface area contributed by atoms with Crippen molar-refractivity contribution in [3.63, 3.8) is 0 Å². The smallest absolute Gasteiger partial charge is 0.277 e. The third kappa shape index (κ3) is 3.60. The van der Waals surface area contributed by atoms with Gasteiger partial charge in [0.05, 0.1) is 29.2 Å². The second-order valence-electron chi connectivity index (χ2n) is 4.88. The lowest BCUT2D eigenvalue weighted by atomic mass is 10.2. The molecule has 0 radical (unpaired) electrons. The van der Waals surface area contributed by atoms with Gasteiger partial charge in [0.25, 0.3) is 5.91 Å². The first kappa shape index (κ1) is 16.5. The van der Waals surface area contributed by atoms with Gasteiger partial charge in [-0.05, 0) is 41.1 Å². The molecule has 0 saturated heterocycles. The zero-order valence-corrected chi connectivity index (χ0v) is 15.3. The van der Waals surface area contributed by atoms with Crippen LogP contribution in [0.15, 0.2) is 40.4 Å². The lowest BCUT2D eigenvalue weighted by Gasteiger charge is -2.04. The Kier molecular flexibility index (Phi) is 4.86. The number of hydrogen-bond donors (Lipinski definition) is 1. The van der Waals surface area contributed by atoms with E-state index in [4.69, 9.17) is 4.74 Å². The second kappa shape index (κ2) is 7.06. The van der Waals surface area contributed by atoms with Gasteiger partial charge in [-0.1, -0.05) is 0 Å². The summed E-state index contributed by atoms with van der Waals surface area (Å²) in [4.78, 5) is 24.7. The average Bonchev–Trinajstić information content (AvgIpc) is 3.04. The van der Waals surface area contributed by atoms with Crippen LogP contribution in [0.25, 0.3) is 11.3 Å². The van der Waals surface area contributed by atoms with Gasteiger partial charge in [0.2, 0.25) is 0 Å². The number of nitrogens with zero attached hydrogens (tertiary/aromatic N) is 3. The molecule has 24 heavy (non-hydrogen) atoms. The highest BCUT2D eigenvalue weighted by atomic mass is 79.9. The summed E-state index contributed by atoms with van der Waals surface area (Å²) < 4.78 is 6.06. The van der Waals surface area contributed by atoms with Gasteiger partial charge in [0, 0.05) is 17.1 Å². The molecular formula is C16H13BrN4O2S. The summed E-state index contributed by atoms with van der Waals surface area (Å²) in [5, 5.41) is 5.12. The van der Waals surface area contributed by atoms with Crippen molar-refractivity contribution in [2.75, 3.05) is 12.4 Å². The van der Waals surface area contributed by atoms with Crippen molar-refractivity contribution in [3.05, 3.63) is 51.8 Å². The molecule has 3 aromatic rings. The maximum Gasteiger partial charge on any atom is 0.277 e. The van der Waals surface area contributed by atoms with Gasteiger partial charge in [0.15, 0.2) is 5.13 Å². The molecule has 122 valence electrons. The molecule has 1 amide bonds. The number of hydrogen-bond acceptors (Lipinski definition) is 6. The Bertz CT molecular complexity index is 880. The maximum absolute atomic E-state index is 12.1. The van der Waals surface area contributed by atoms with Gasteiger partial charge < -0.3 is 4.74 Å². The van der Waals surface area contributed by atoms with Gasteiger partial charge in [0.1, 0.15) is 11.4 Å². The first-order valence-corrected chi connectivity index (χ1v) is 8.63. The van der Waals surface area contributed by atoms with Gasteiger partial charge in [-0.25, -0.2) is 9.97 Å². The minimum absolute atomic E-state index is 0.254. The van der Waals surface area contributed by atoms with Gasteiger partial charge >= 0.3 is 0 Å². The molecule has 0 saturated carbocycles. The minimum Gasteiger partial charge on any atom is -0.496 e. The van der Waals surface area contributed by atoms with Gasteiger partial charge in [-0.3, -0.25) is 15.1 Å². The molecular weight excluding hydrogens is 392 g/mol. The molecule has 3 rings (SSSR count). The van der Waals surface area contributed by atoms with Crippen molar-refractivity contribution in [3.8, 4) is 17.0 Å². The lowest BCUT2D eigenvalue weighted by Crippen LogP contribution is -2.13. The molecule has 1 N–H and O–H groups in total. The average molecular weight is 405 g/mol. The molecule has 2 aromatic heterocycles. The standard InChI is InChI=1S/C16H13BrN4O2S/c1-9-6-19-12(7-18-9)15(22)21-16-20-13(8-24-16)10-3-4-14(23-2)11(17)5-10/h3-8H,1-2H3,(H,20,21,22). The van der Waals surface area contributed by atoms with Crippen molar-refractivity contribution in [1.82, 2.24) is 15.0 Å². The first-order chi connectivity index (χ1) is 11.6. The highest BCUT2D eigenvalue weighted by Crippen LogP contribution is 2.32. The topological polar surface area (TPSA) is 77.0 Å². The molecule has 0 bridgehead atoms. The number of thiazole rings is 1. The summed E-state index contributed by atoms with van der Waals surface area (Å²) in [7, 11) is 1.62. The van der Waals surface area contributed by atoms with Gasteiger partial charge in [-0.15, -0.1) is 11.3 Å². The third-order valence-corrected chi connectivity index (χ3v) is 4.56. The molecule has 0 spiro atoms. The highest BCUT2D eigenvalue weighted by molar-refractivity contribution is 9.10. The van der Waals surface area contributed by atoms with E-state index in [1.807, 2.05) is 30.5 Å². The van der Waals surface area contributed by atoms with Crippen LogP contribution >= 0.6 is 27.3 Å². The van der Waals surface area contributed by atoms with Crippen LogP contribution in [-0.4, -0.2) is 28.0 Å². The van der Waals surface area contributed by atoms with E-state index in [-0.39, 0.29) is 11.6 Å². The summed E-state index contributed by atoms with van der Waals surface area (Å²) in [5.41, 5.74) is 2.71. The number of benzene rings is 1. The summed E-state index contributed by atoms with van der Waals surface area (Å²) in [6.07, 6.45) is 3.00. The number of nitrogens with one attached hydrogen (secondary N) is 1. The number of rotatable bonds is 4. The monoisotopic (exact) mass is 404 g/mol. The minimum atomic E-state index is -0.334. The Morgan fingerprint density at radius 3 is 2.79 bits per heavy atom. The van der Waals surface area contributed by atoms with Crippen molar-refractivity contribution in [2.45, 2.75) is 6.92 Å². The number of carbonyl (C=O) groups is 1. The van der Waals surface area contributed by atoms with E-state index < -0.39 is 0 Å². The molecule has 0 atom stereocenters. The first-order valence-electron chi connectivity index (χ1n) is 6.96. The molecule has 0 aliphatic heterocycles. The number of halogens is 1. The summed E-state index contributed by atoms with van der Waals surface area (Å²) in [6.45, 7) is 1.81. The molecule has 0 fully saturated rings. The fraction of sp³-hybridized carbons (Fsp3) is 0.125. The zero-order valence-electron chi connectivity index (χ0n) is 12.9. The van der Waals surface area contributed by atoms with E-state index in [2.05, 4.69) is 36.2 Å². The number of methoxy groups -OCH3 is 1.